The van der Waals surface area contributed by atoms with Crippen molar-refractivity contribution in [2.24, 2.45) is 5.92 Å². The maximum absolute atomic E-state index is 12.2. The van der Waals surface area contributed by atoms with E-state index in [9.17, 15) is 9.59 Å². The van der Waals surface area contributed by atoms with Gasteiger partial charge >= 0.3 is 5.97 Å². The minimum absolute atomic E-state index is 0.134. The molecule has 0 heterocycles. The second-order valence-electron chi connectivity index (χ2n) is 5.11. The minimum Gasteiger partial charge on any atom is -0.478 e. The molecule has 5 heteroatoms. The molecule has 0 spiro atoms. The molecule has 2 N–H and O–H groups in total. The van der Waals surface area contributed by atoms with E-state index in [0.717, 1.165) is 10.0 Å². The zero-order valence-electron chi connectivity index (χ0n) is 12.0. The summed E-state index contributed by atoms with van der Waals surface area (Å²) in [5.74, 6) is -1.36. The third-order valence-corrected chi connectivity index (χ3v) is 3.81. The molecular formula is C17H16BrNO3. The average Bonchev–Trinajstić information content (AvgIpc) is 2.49. The molecular weight excluding hydrogens is 346 g/mol. The van der Waals surface area contributed by atoms with Crippen LogP contribution in [-0.2, 0) is 11.2 Å². The lowest BCUT2D eigenvalue weighted by atomic mass is 10.0. The van der Waals surface area contributed by atoms with Crippen molar-refractivity contribution < 1.29 is 14.7 Å². The van der Waals surface area contributed by atoms with Gasteiger partial charge in [-0.25, -0.2) is 4.79 Å². The van der Waals surface area contributed by atoms with Gasteiger partial charge in [-0.2, -0.15) is 0 Å². The molecule has 0 aliphatic carbocycles. The lowest BCUT2D eigenvalue weighted by Gasteiger charge is -2.12. The number of benzene rings is 2. The summed E-state index contributed by atoms with van der Waals surface area (Å²) in [5, 5.41) is 11.7. The highest BCUT2D eigenvalue weighted by Crippen LogP contribution is 2.16. The third kappa shape index (κ3) is 4.43. The highest BCUT2D eigenvalue weighted by molar-refractivity contribution is 9.10. The molecule has 0 fully saturated rings. The van der Waals surface area contributed by atoms with Gasteiger partial charge in [-0.3, -0.25) is 4.79 Å². The van der Waals surface area contributed by atoms with Crippen molar-refractivity contribution in [3.63, 3.8) is 0 Å². The Kier molecular flexibility index (Phi) is 5.33. The molecule has 0 aliphatic heterocycles. The van der Waals surface area contributed by atoms with Crippen molar-refractivity contribution in [3.8, 4) is 0 Å². The van der Waals surface area contributed by atoms with Crippen LogP contribution in [0.4, 0.5) is 5.69 Å². The molecule has 1 unspecified atom stereocenters. The number of aromatic carboxylic acids is 1. The van der Waals surface area contributed by atoms with Gasteiger partial charge in [-0.05, 0) is 42.3 Å². The highest BCUT2D eigenvalue weighted by Gasteiger charge is 2.14. The Morgan fingerprint density at radius 3 is 2.50 bits per heavy atom. The smallest absolute Gasteiger partial charge is 0.335 e. The maximum atomic E-state index is 12.2. The normalized spacial score (nSPS) is 11.7. The largest absolute Gasteiger partial charge is 0.478 e. The zero-order chi connectivity index (χ0) is 16.1. The summed E-state index contributed by atoms with van der Waals surface area (Å²) in [7, 11) is 0. The van der Waals surface area contributed by atoms with Crippen LogP contribution in [0.2, 0.25) is 0 Å². The van der Waals surface area contributed by atoms with E-state index in [1.807, 2.05) is 31.2 Å². The molecule has 114 valence electrons. The predicted octanol–water partition coefficient (Wildman–Crippen LogP) is 3.96. The number of carboxylic acids is 1. The quantitative estimate of drug-likeness (QED) is 0.846. The van der Waals surface area contributed by atoms with E-state index in [1.165, 1.54) is 12.1 Å². The molecule has 2 aromatic carbocycles. The van der Waals surface area contributed by atoms with E-state index >= 15 is 0 Å². The number of carbonyl (C=O) groups excluding carboxylic acids is 1. The van der Waals surface area contributed by atoms with Crippen molar-refractivity contribution in [2.75, 3.05) is 5.32 Å². The lowest BCUT2D eigenvalue weighted by molar-refractivity contribution is -0.119. The number of anilines is 1. The van der Waals surface area contributed by atoms with Gasteiger partial charge in [0.15, 0.2) is 0 Å². The topological polar surface area (TPSA) is 66.4 Å². The Labute approximate surface area is 137 Å². The zero-order valence-corrected chi connectivity index (χ0v) is 13.6. The van der Waals surface area contributed by atoms with Gasteiger partial charge in [-0.15, -0.1) is 0 Å². The van der Waals surface area contributed by atoms with Crippen molar-refractivity contribution in [1.82, 2.24) is 0 Å². The van der Waals surface area contributed by atoms with Gasteiger partial charge < -0.3 is 10.4 Å². The van der Waals surface area contributed by atoms with Crippen LogP contribution in [0.1, 0.15) is 22.8 Å². The van der Waals surface area contributed by atoms with Crippen LogP contribution in [0, 0.1) is 5.92 Å². The lowest BCUT2D eigenvalue weighted by Crippen LogP contribution is -2.22. The van der Waals surface area contributed by atoms with Crippen LogP contribution in [0.15, 0.2) is 53.0 Å². The second-order valence-corrected chi connectivity index (χ2v) is 6.02. The number of rotatable bonds is 5. The van der Waals surface area contributed by atoms with Crippen molar-refractivity contribution in [3.05, 3.63) is 64.1 Å². The SMILES string of the molecule is CC(Cc1ccc(Br)cc1)C(=O)Nc1cccc(C(=O)O)c1. The number of hydrogen-bond acceptors (Lipinski definition) is 2. The first kappa shape index (κ1) is 16.2. The van der Waals surface area contributed by atoms with E-state index in [2.05, 4.69) is 21.2 Å². The summed E-state index contributed by atoms with van der Waals surface area (Å²) in [5.41, 5.74) is 1.72. The second kappa shape index (κ2) is 7.22. The Morgan fingerprint density at radius 2 is 1.86 bits per heavy atom. The van der Waals surface area contributed by atoms with E-state index < -0.39 is 5.97 Å². The first-order valence-corrected chi connectivity index (χ1v) is 7.63. The Morgan fingerprint density at radius 1 is 1.18 bits per heavy atom. The van der Waals surface area contributed by atoms with Crippen molar-refractivity contribution in [1.29, 1.82) is 0 Å². The molecule has 1 amide bonds. The molecule has 0 aromatic heterocycles. The van der Waals surface area contributed by atoms with Gasteiger partial charge in [0.25, 0.3) is 0 Å². The molecule has 1 atom stereocenters. The van der Waals surface area contributed by atoms with E-state index in [0.29, 0.717) is 12.1 Å². The van der Waals surface area contributed by atoms with Gasteiger partial charge in [0.1, 0.15) is 0 Å². The molecule has 0 aliphatic rings. The summed E-state index contributed by atoms with van der Waals surface area (Å²) in [4.78, 5) is 23.1. The van der Waals surface area contributed by atoms with Crippen LogP contribution in [0.3, 0.4) is 0 Å². The van der Waals surface area contributed by atoms with Crippen molar-refractivity contribution >= 4 is 33.5 Å². The fraction of sp³-hybridized carbons (Fsp3) is 0.176. The summed E-state index contributed by atoms with van der Waals surface area (Å²) < 4.78 is 0.999. The van der Waals surface area contributed by atoms with Crippen LogP contribution in [0.5, 0.6) is 0 Å². The van der Waals surface area contributed by atoms with E-state index in [4.69, 9.17) is 5.11 Å². The van der Waals surface area contributed by atoms with Crippen LogP contribution < -0.4 is 5.32 Å². The summed E-state index contributed by atoms with van der Waals surface area (Å²) in [6, 6.07) is 14.1. The number of carbonyl (C=O) groups is 2. The monoisotopic (exact) mass is 361 g/mol. The minimum atomic E-state index is -1.01. The molecule has 0 saturated carbocycles. The molecule has 2 aromatic rings. The number of halogens is 1. The molecule has 2 rings (SSSR count). The Bertz CT molecular complexity index is 683. The van der Waals surface area contributed by atoms with Gasteiger partial charge in [0.05, 0.1) is 5.56 Å². The summed E-state index contributed by atoms with van der Waals surface area (Å²) in [6.07, 6.45) is 0.623. The number of carboxylic acid groups (broad SMARTS) is 1. The van der Waals surface area contributed by atoms with Gasteiger partial charge in [-0.1, -0.05) is 41.1 Å². The molecule has 0 radical (unpaired) electrons. The average molecular weight is 362 g/mol. The van der Waals surface area contributed by atoms with Gasteiger partial charge in [0.2, 0.25) is 5.91 Å². The van der Waals surface area contributed by atoms with E-state index in [1.54, 1.807) is 12.1 Å². The standard InChI is InChI=1S/C17H16BrNO3/c1-11(9-12-5-7-14(18)8-6-12)16(20)19-15-4-2-3-13(10-15)17(21)22/h2-8,10-11H,9H2,1H3,(H,19,20)(H,21,22). The fourth-order valence-corrected chi connectivity index (χ4v) is 2.33. The first-order chi connectivity index (χ1) is 10.5. The summed E-state index contributed by atoms with van der Waals surface area (Å²) >= 11 is 3.38. The van der Waals surface area contributed by atoms with Crippen LogP contribution >= 0.6 is 15.9 Å². The molecule has 22 heavy (non-hydrogen) atoms. The van der Waals surface area contributed by atoms with Crippen LogP contribution in [-0.4, -0.2) is 17.0 Å². The van der Waals surface area contributed by atoms with Gasteiger partial charge in [0, 0.05) is 16.1 Å². The summed E-state index contributed by atoms with van der Waals surface area (Å²) in [6.45, 7) is 1.85. The molecule has 0 saturated heterocycles. The van der Waals surface area contributed by atoms with E-state index in [-0.39, 0.29) is 17.4 Å². The Hall–Kier alpha value is -2.14. The Balaban J connectivity index is 2.00. The first-order valence-electron chi connectivity index (χ1n) is 6.84. The van der Waals surface area contributed by atoms with Crippen molar-refractivity contribution in [2.45, 2.75) is 13.3 Å². The molecule has 0 bridgehead atoms. The van der Waals surface area contributed by atoms with Crippen LogP contribution in [0.25, 0.3) is 0 Å². The maximum Gasteiger partial charge on any atom is 0.335 e. The highest BCUT2D eigenvalue weighted by atomic mass is 79.9. The molecule has 4 nitrogen and oxygen atoms in total. The number of nitrogens with one attached hydrogen (secondary N) is 1. The predicted molar refractivity (Wildman–Crippen MR) is 89.0 cm³/mol. The number of amides is 1. The third-order valence-electron chi connectivity index (χ3n) is 3.28. The number of hydrogen-bond donors (Lipinski definition) is 2. The fourth-order valence-electron chi connectivity index (χ4n) is 2.06.